The lowest BCUT2D eigenvalue weighted by atomic mass is 10.00. The number of pyridine rings is 1. The summed E-state index contributed by atoms with van der Waals surface area (Å²) >= 11 is 0. The van der Waals surface area contributed by atoms with E-state index in [4.69, 9.17) is 0 Å². The zero-order valence-corrected chi connectivity index (χ0v) is 12.5. The summed E-state index contributed by atoms with van der Waals surface area (Å²) in [6.45, 7) is 12.4. The molecule has 1 atom stereocenters. The molecule has 1 unspecified atom stereocenters. The maximum Gasteiger partial charge on any atom is 0.0825 e. The van der Waals surface area contributed by atoms with Gasteiger partial charge in [0.1, 0.15) is 0 Å². The van der Waals surface area contributed by atoms with Crippen LogP contribution in [0.25, 0.3) is 0 Å². The second-order valence-electron chi connectivity index (χ2n) is 5.25. The Hall–Kier alpha value is -1.84. The predicted molar refractivity (Wildman–Crippen MR) is 78.5 cm³/mol. The molecule has 4 nitrogen and oxygen atoms in total. The zero-order chi connectivity index (χ0) is 14.2. The van der Waals surface area contributed by atoms with Gasteiger partial charge in [-0.2, -0.15) is 5.10 Å². The lowest BCUT2D eigenvalue weighted by molar-refractivity contribution is 0.840. The van der Waals surface area contributed by atoms with E-state index in [1.165, 1.54) is 11.1 Å². The van der Waals surface area contributed by atoms with Crippen LogP contribution in [0.2, 0.25) is 0 Å². The van der Waals surface area contributed by atoms with E-state index in [0.29, 0.717) is 0 Å². The summed E-state index contributed by atoms with van der Waals surface area (Å²) in [6.07, 6.45) is 0. The fourth-order valence-corrected chi connectivity index (χ4v) is 2.74. The molecular formula is C15H22N4. The molecular weight excluding hydrogens is 236 g/mol. The number of nitrogens with one attached hydrogen (secondary N) is 2. The average Bonchev–Trinajstić information content (AvgIpc) is 2.59. The lowest BCUT2D eigenvalue weighted by Crippen LogP contribution is -2.12. The van der Waals surface area contributed by atoms with Gasteiger partial charge in [0.05, 0.1) is 23.1 Å². The van der Waals surface area contributed by atoms with Gasteiger partial charge in [-0.1, -0.05) is 0 Å². The fraction of sp³-hybridized carbons (Fsp3) is 0.467. The summed E-state index contributed by atoms with van der Waals surface area (Å²) in [5.74, 6) is 0. The Morgan fingerprint density at radius 2 is 1.79 bits per heavy atom. The first kappa shape index (κ1) is 13.6. The maximum absolute atomic E-state index is 4.57. The molecule has 2 aromatic rings. The molecule has 102 valence electrons. The molecule has 19 heavy (non-hydrogen) atoms. The average molecular weight is 258 g/mol. The summed E-state index contributed by atoms with van der Waals surface area (Å²) in [4.78, 5) is 4.57. The van der Waals surface area contributed by atoms with Crippen molar-refractivity contribution in [2.24, 2.45) is 0 Å². The van der Waals surface area contributed by atoms with Gasteiger partial charge < -0.3 is 5.32 Å². The molecule has 0 aliphatic heterocycles. The van der Waals surface area contributed by atoms with E-state index in [1.54, 1.807) is 0 Å². The second kappa shape index (κ2) is 5.03. The summed E-state index contributed by atoms with van der Waals surface area (Å²) in [6, 6.07) is 2.35. The summed E-state index contributed by atoms with van der Waals surface area (Å²) in [5, 5.41) is 10.8. The van der Waals surface area contributed by atoms with Crippen molar-refractivity contribution >= 4 is 5.69 Å². The van der Waals surface area contributed by atoms with Gasteiger partial charge in [0.2, 0.25) is 0 Å². The quantitative estimate of drug-likeness (QED) is 0.885. The van der Waals surface area contributed by atoms with Crippen molar-refractivity contribution in [1.29, 1.82) is 0 Å². The van der Waals surface area contributed by atoms with E-state index in [1.807, 2.05) is 20.8 Å². The molecule has 0 fully saturated rings. The van der Waals surface area contributed by atoms with Crippen molar-refractivity contribution in [3.63, 3.8) is 0 Å². The first-order chi connectivity index (χ1) is 8.90. The third-order valence-electron chi connectivity index (χ3n) is 3.51. The third kappa shape index (κ3) is 2.62. The van der Waals surface area contributed by atoms with Gasteiger partial charge in [0.15, 0.2) is 0 Å². The van der Waals surface area contributed by atoms with E-state index in [9.17, 15) is 0 Å². The van der Waals surface area contributed by atoms with Gasteiger partial charge in [0, 0.05) is 11.4 Å². The van der Waals surface area contributed by atoms with Crippen LogP contribution in [0.3, 0.4) is 0 Å². The van der Waals surface area contributed by atoms with Gasteiger partial charge in [-0.05, 0) is 58.7 Å². The maximum atomic E-state index is 4.57. The number of hydrogen-bond donors (Lipinski definition) is 2. The van der Waals surface area contributed by atoms with E-state index in [2.05, 4.69) is 47.3 Å². The Kier molecular flexibility index (Phi) is 3.60. The lowest BCUT2D eigenvalue weighted by Gasteiger charge is -2.20. The van der Waals surface area contributed by atoms with Gasteiger partial charge in [0.25, 0.3) is 0 Å². The largest absolute Gasteiger partial charge is 0.375 e. The van der Waals surface area contributed by atoms with Crippen molar-refractivity contribution < 1.29 is 0 Å². The molecule has 0 spiro atoms. The number of anilines is 1. The van der Waals surface area contributed by atoms with Gasteiger partial charge >= 0.3 is 0 Å². The SMILES string of the molecule is Cc1cc(C)c(C(C)Nc2c(C)n[nH]c2C)c(C)n1. The number of aryl methyl sites for hydroxylation is 5. The summed E-state index contributed by atoms with van der Waals surface area (Å²) in [5.41, 5.74) is 7.87. The molecule has 0 radical (unpaired) electrons. The number of aromatic nitrogens is 3. The van der Waals surface area contributed by atoms with E-state index in [-0.39, 0.29) is 6.04 Å². The first-order valence-corrected chi connectivity index (χ1v) is 6.63. The number of aromatic amines is 1. The Bertz CT molecular complexity index is 556. The fourth-order valence-electron chi connectivity index (χ4n) is 2.74. The standard InChI is InChI=1S/C15H22N4/c1-8-7-9(2)16-10(3)14(8)11(4)17-15-12(5)18-19-13(15)6/h7,11,17H,1-6H3,(H,18,19). The number of nitrogens with zero attached hydrogens (tertiary/aromatic N) is 2. The highest BCUT2D eigenvalue weighted by Gasteiger charge is 2.15. The Labute approximate surface area is 114 Å². The topological polar surface area (TPSA) is 53.6 Å². The van der Waals surface area contributed by atoms with Crippen molar-refractivity contribution in [1.82, 2.24) is 15.2 Å². The van der Waals surface area contributed by atoms with Crippen LogP contribution in [0.4, 0.5) is 5.69 Å². The van der Waals surface area contributed by atoms with Crippen LogP contribution in [0.5, 0.6) is 0 Å². The van der Waals surface area contributed by atoms with Crippen LogP contribution < -0.4 is 5.32 Å². The van der Waals surface area contributed by atoms with Crippen LogP contribution in [0.1, 0.15) is 46.9 Å². The Morgan fingerprint density at radius 3 is 2.32 bits per heavy atom. The molecule has 2 aromatic heterocycles. The van der Waals surface area contributed by atoms with Gasteiger partial charge in [-0.25, -0.2) is 0 Å². The highest BCUT2D eigenvalue weighted by Crippen LogP contribution is 2.27. The van der Waals surface area contributed by atoms with Crippen molar-refractivity contribution in [2.45, 2.75) is 47.6 Å². The van der Waals surface area contributed by atoms with Crippen LogP contribution in [0, 0.1) is 34.6 Å². The predicted octanol–water partition coefficient (Wildman–Crippen LogP) is 3.52. The molecule has 0 bridgehead atoms. The summed E-state index contributed by atoms with van der Waals surface area (Å²) < 4.78 is 0. The molecule has 2 N–H and O–H groups in total. The minimum absolute atomic E-state index is 0.211. The highest BCUT2D eigenvalue weighted by atomic mass is 15.2. The molecule has 0 saturated heterocycles. The normalized spacial score (nSPS) is 12.5. The van der Waals surface area contributed by atoms with E-state index < -0.39 is 0 Å². The molecule has 0 aromatic carbocycles. The molecule has 2 heterocycles. The molecule has 0 aliphatic carbocycles. The van der Waals surface area contributed by atoms with Crippen LogP contribution >= 0.6 is 0 Å². The molecule has 0 aliphatic rings. The molecule has 0 amide bonds. The Balaban J connectivity index is 2.33. The van der Waals surface area contributed by atoms with Crippen LogP contribution in [-0.2, 0) is 0 Å². The molecule has 4 heteroatoms. The van der Waals surface area contributed by atoms with Gasteiger partial charge in [-0.3, -0.25) is 10.1 Å². The van der Waals surface area contributed by atoms with Gasteiger partial charge in [-0.15, -0.1) is 0 Å². The zero-order valence-electron chi connectivity index (χ0n) is 12.5. The van der Waals surface area contributed by atoms with Crippen molar-refractivity contribution in [2.75, 3.05) is 5.32 Å². The Morgan fingerprint density at radius 1 is 1.11 bits per heavy atom. The monoisotopic (exact) mass is 258 g/mol. The van der Waals surface area contributed by atoms with Crippen LogP contribution in [0.15, 0.2) is 6.07 Å². The molecule has 2 rings (SSSR count). The second-order valence-corrected chi connectivity index (χ2v) is 5.25. The highest BCUT2D eigenvalue weighted by molar-refractivity contribution is 5.53. The number of hydrogen-bond acceptors (Lipinski definition) is 3. The summed E-state index contributed by atoms with van der Waals surface area (Å²) in [7, 11) is 0. The first-order valence-electron chi connectivity index (χ1n) is 6.63. The molecule has 0 saturated carbocycles. The van der Waals surface area contributed by atoms with E-state index in [0.717, 1.165) is 28.5 Å². The minimum Gasteiger partial charge on any atom is -0.375 e. The third-order valence-corrected chi connectivity index (χ3v) is 3.51. The number of rotatable bonds is 3. The number of H-pyrrole nitrogens is 1. The smallest absolute Gasteiger partial charge is 0.0825 e. The van der Waals surface area contributed by atoms with E-state index >= 15 is 0 Å². The minimum atomic E-state index is 0.211. The van der Waals surface area contributed by atoms with Crippen molar-refractivity contribution in [3.8, 4) is 0 Å². The van der Waals surface area contributed by atoms with Crippen LogP contribution in [-0.4, -0.2) is 15.2 Å². The van der Waals surface area contributed by atoms with Crippen molar-refractivity contribution in [3.05, 3.63) is 40.0 Å².